The molecule has 0 atom stereocenters. The summed E-state index contributed by atoms with van der Waals surface area (Å²) in [6, 6.07) is 4.54. The summed E-state index contributed by atoms with van der Waals surface area (Å²) in [6.07, 6.45) is 0.691. The molecule has 174 valence electrons. The average molecular weight is 444 g/mol. The fourth-order valence-corrected chi connectivity index (χ4v) is 3.13. The Kier molecular flexibility index (Phi) is 7.23. The van der Waals surface area contributed by atoms with Gasteiger partial charge in [0.05, 0.1) is 5.69 Å². The van der Waals surface area contributed by atoms with E-state index in [2.05, 4.69) is 0 Å². The van der Waals surface area contributed by atoms with Crippen LogP contribution in [0.15, 0.2) is 39.1 Å². The number of rotatable bonds is 3. The number of ether oxygens (including phenoxy) is 2. The summed E-state index contributed by atoms with van der Waals surface area (Å²) in [6.45, 7) is 16.0. The van der Waals surface area contributed by atoms with E-state index in [1.807, 2.05) is 19.9 Å². The highest BCUT2D eigenvalue weighted by molar-refractivity contribution is 6.11. The molecule has 0 N–H and O–H groups in total. The van der Waals surface area contributed by atoms with Crippen LogP contribution in [0.4, 0.5) is 15.3 Å². The second-order valence-electron chi connectivity index (χ2n) is 9.97. The van der Waals surface area contributed by atoms with Gasteiger partial charge in [0.1, 0.15) is 16.8 Å². The molecule has 0 aliphatic carbocycles. The molecule has 32 heavy (non-hydrogen) atoms. The maximum absolute atomic E-state index is 13.2. The molecule has 1 heterocycles. The van der Waals surface area contributed by atoms with Gasteiger partial charge in [-0.05, 0) is 92.0 Å². The minimum Gasteiger partial charge on any atom is -0.443 e. The summed E-state index contributed by atoms with van der Waals surface area (Å²) in [4.78, 5) is 39.1. The first-order chi connectivity index (χ1) is 14.6. The molecule has 0 fully saturated rings. The molecule has 1 aromatic heterocycles. The third-order valence-corrected chi connectivity index (χ3v) is 4.30. The molecule has 0 saturated heterocycles. The van der Waals surface area contributed by atoms with Gasteiger partial charge in [-0.25, -0.2) is 14.4 Å². The van der Waals surface area contributed by atoms with Crippen LogP contribution in [0, 0.1) is 6.92 Å². The minimum absolute atomic E-state index is 0.315. The molecule has 1 aromatic carbocycles. The normalized spacial score (nSPS) is 11.8. The van der Waals surface area contributed by atoms with Crippen molar-refractivity contribution in [2.24, 2.45) is 0 Å². The SMILES string of the molecule is CC(C)=CCc1c(N(C(=O)OC(C)(C)C)C(=O)OC(C)(C)C)ccc2oc(=O)cc(C)c12. The quantitative estimate of drug-likeness (QED) is 0.409. The van der Waals surface area contributed by atoms with Crippen LogP contribution in [0.1, 0.15) is 66.5 Å². The van der Waals surface area contributed by atoms with Crippen LogP contribution in [-0.2, 0) is 15.9 Å². The number of aryl methyl sites for hydroxylation is 1. The van der Waals surface area contributed by atoms with Crippen molar-refractivity contribution in [3.63, 3.8) is 0 Å². The standard InChI is InChI=1S/C25H33NO6/c1-15(2)10-11-17-18(12-13-19-21(17)16(3)14-20(27)30-19)26(22(28)31-24(4,5)6)23(29)32-25(7,8)9/h10,12-14H,11H2,1-9H3. The highest BCUT2D eigenvalue weighted by Crippen LogP contribution is 2.33. The first-order valence-electron chi connectivity index (χ1n) is 10.5. The van der Waals surface area contributed by atoms with Crippen LogP contribution in [0.2, 0.25) is 0 Å². The number of fused-ring (bicyclic) bond motifs is 1. The van der Waals surface area contributed by atoms with Crippen LogP contribution in [0.25, 0.3) is 11.0 Å². The lowest BCUT2D eigenvalue weighted by molar-refractivity contribution is 0.0430. The predicted molar refractivity (Wildman–Crippen MR) is 125 cm³/mol. The summed E-state index contributed by atoms with van der Waals surface area (Å²) >= 11 is 0. The Morgan fingerprint density at radius 3 is 2.00 bits per heavy atom. The third kappa shape index (κ3) is 6.45. The number of carbonyl (C=O) groups is 2. The van der Waals surface area contributed by atoms with E-state index in [1.165, 1.54) is 6.07 Å². The summed E-state index contributed by atoms with van der Waals surface area (Å²) in [7, 11) is 0. The Hall–Kier alpha value is -3.09. The number of imide groups is 1. The minimum atomic E-state index is -0.848. The van der Waals surface area contributed by atoms with Crippen LogP contribution in [0.5, 0.6) is 0 Å². The van der Waals surface area contributed by atoms with Gasteiger partial charge in [-0.1, -0.05) is 11.6 Å². The van der Waals surface area contributed by atoms with E-state index < -0.39 is 29.0 Å². The van der Waals surface area contributed by atoms with Crippen molar-refractivity contribution < 1.29 is 23.5 Å². The maximum atomic E-state index is 13.2. The summed E-state index contributed by atoms with van der Waals surface area (Å²) in [5.74, 6) is 0. The second kappa shape index (κ2) is 9.18. The van der Waals surface area contributed by atoms with E-state index in [4.69, 9.17) is 13.9 Å². The van der Waals surface area contributed by atoms with Crippen LogP contribution < -0.4 is 10.5 Å². The van der Waals surface area contributed by atoms with Crippen molar-refractivity contribution in [3.8, 4) is 0 Å². The number of carbonyl (C=O) groups excluding carboxylic acids is 2. The zero-order chi connectivity index (χ0) is 24.4. The molecule has 7 heteroatoms. The lowest BCUT2D eigenvalue weighted by Crippen LogP contribution is -2.44. The molecular weight excluding hydrogens is 410 g/mol. The Balaban J connectivity index is 2.82. The van der Waals surface area contributed by atoms with Crippen molar-refractivity contribution >= 4 is 28.8 Å². The van der Waals surface area contributed by atoms with E-state index >= 15 is 0 Å². The highest BCUT2D eigenvalue weighted by Gasteiger charge is 2.34. The van der Waals surface area contributed by atoms with E-state index in [1.54, 1.807) is 60.6 Å². The van der Waals surface area contributed by atoms with Crippen molar-refractivity contribution in [1.29, 1.82) is 0 Å². The molecule has 2 aromatic rings. The second-order valence-corrected chi connectivity index (χ2v) is 9.97. The molecule has 0 spiro atoms. The largest absolute Gasteiger partial charge is 0.443 e. The monoisotopic (exact) mass is 443 g/mol. The van der Waals surface area contributed by atoms with Gasteiger partial charge in [0.2, 0.25) is 0 Å². The van der Waals surface area contributed by atoms with Crippen molar-refractivity contribution in [3.05, 3.63) is 51.4 Å². The molecule has 2 amide bonds. The van der Waals surface area contributed by atoms with E-state index in [9.17, 15) is 14.4 Å². The Labute approximate surface area is 189 Å². The molecule has 0 unspecified atom stereocenters. The Bertz CT molecular complexity index is 1080. The van der Waals surface area contributed by atoms with Gasteiger partial charge in [0, 0.05) is 11.5 Å². The number of anilines is 1. The van der Waals surface area contributed by atoms with E-state index in [0.717, 1.165) is 10.5 Å². The lowest BCUT2D eigenvalue weighted by Gasteiger charge is -2.30. The average Bonchev–Trinajstić information content (AvgIpc) is 2.57. The van der Waals surface area contributed by atoms with Crippen molar-refractivity contribution in [2.75, 3.05) is 4.90 Å². The Morgan fingerprint density at radius 2 is 1.53 bits per heavy atom. The van der Waals surface area contributed by atoms with E-state index in [0.29, 0.717) is 34.2 Å². The van der Waals surface area contributed by atoms with Gasteiger partial charge in [0.25, 0.3) is 0 Å². The van der Waals surface area contributed by atoms with Crippen LogP contribution in [0.3, 0.4) is 0 Å². The number of amides is 2. The molecule has 0 bridgehead atoms. The molecule has 0 aliphatic heterocycles. The lowest BCUT2D eigenvalue weighted by atomic mass is 9.98. The summed E-state index contributed by atoms with van der Waals surface area (Å²) < 4.78 is 16.4. The Morgan fingerprint density at radius 1 is 1.00 bits per heavy atom. The molecule has 0 radical (unpaired) electrons. The number of hydrogen-bond acceptors (Lipinski definition) is 6. The number of benzene rings is 1. The van der Waals surface area contributed by atoms with Gasteiger partial charge in [-0.2, -0.15) is 4.90 Å². The number of nitrogens with zero attached hydrogens (tertiary/aromatic N) is 1. The van der Waals surface area contributed by atoms with Crippen LogP contribution >= 0.6 is 0 Å². The van der Waals surface area contributed by atoms with Crippen LogP contribution in [-0.4, -0.2) is 23.4 Å². The predicted octanol–water partition coefficient (Wildman–Crippen LogP) is 6.29. The molecule has 2 rings (SSSR count). The van der Waals surface area contributed by atoms with Crippen molar-refractivity contribution in [1.82, 2.24) is 0 Å². The first kappa shape index (κ1) is 25.2. The highest BCUT2D eigenvalue weighted by atomic mass is 16.6. The van der Waals surface area contributed by atoms with Crippen molar-refractivity contribution in [2.45, 2.75) is 79.9 Å². The van der Waals surface area contributed by atoms with E-state index in [-0.39, 0.29) is 0 Å². The number of allylic oxidation sites excluding steroid dienone is 2. The fraction of sp³-hybridized carbons (Fsp3) is 0.480. The summed E-state index contributed by atoms with van der Waals surface area (Å²) in [5, 5.41) is 0.664. The van der Waals surface area contributed by atoms with Gasteiger partial charge < -0.3 is 13.9 Å². The number of hydrogen-bond donors (Lipinski definition) is 0. The van der Waals surface area contributed by atoms with Gasteiger partial charge in [0.15, 0.2) is 0 Å². The molecule has 0 aliphatic rings. The molecular formula is C25H33NO6. The topological polar surface area (TPSA) is 86.1 Å². The third-order valence-electron chi connectivity index (χ3n) is 4.30. The van der Waals surface area contributed by atoms with Gasteiger partial charge in [-0.3, -0.25) is 0 Å². The fourth-order valence-electron chi connectivity index (χ4n) is 3.13. The zero-order valence-corrected chi connectivity index (χ0v) is 20.4. The summed E-state index contributed by atoms with van der Waals surface area (Å²) in [5.41, 5.74) is 0.981. The molecule has 0 saturated carbocycles. The van der Waals surface area contributed by atoms with Gasteiger partial charge in [-0.15, -0.1) is 0 Å². The molecule has 7 nitrogen and oxygen atoms in total. The smallest absolute Gasteiger partial charge is 0.424 e. The zero-order valence-electron chi connectivity index (χ0n) is 20.4. The first-order valence-corrected chi connectivity index (χ1v) is 10.5. The van der Waals surface area contributed by atoms with Gasteiger partial charge >= 0.3 is 17.8 Å². The maximum Gasteiger partial charge on any atom is 0.424 e.